The molecular weight excluding hydrogens is 416 g/mol. The molecule has 168 valence electrons. The topological polar surface area (TPSA) is 107 Å². The third-order valence-corrected chi connectivity index (χ3v) is 5.28. The second kappa shape index (κ2) is 9.60. The third-order valence-electron chi connectivity index (χ3n) is 4.91. The van der Waals surface area contributed by atoms with Crippen molar-refractivity contribution < 1.29 is 14.5 Å². The van der Waals surface area contributed by atoms with Gasteiger partial charge < -0.3 is 21.1 Å². The van der Waals surface area contributed by atoms with Crippen molar-refractivity contribution in [2.45, 2.75) is 46.7 Å². The lowest BCUT2D eigenvalue weighted by molar-refractivity contribution is -0.386. The molecule has 31 heavy (non-hydrogen) atoms. The number of hydrogen-bond donors (Lipinski definition) is 3. The van der Waals surface area contributed by atoms with Gasteiger partial charge in [-0.3, -0.25) is 9.69 Å². The Hall–Kier alpha value is -2.74. The number of anilines is 3. The highest BCUT2D eigenvalue weighted by Gasteiger charge is 2.32. The number of amides is 1. The first-order valence-electron chi connectivity index (χ1n) is 10.5. The average Bonchev–Trinajstić information content (AvgIpc) is 3.14. The van der Waals surface area contributed by atoms with Gasteiger partial charge in [-0.1, -0.05) is 50.6 Å². The van der Waals surface area contributed by atoms with Crippen molar-refractivity contribution in [3.63, 3.8) is 0 Å². The molecule has 1 aromatic heterocycles. The molecule has 0 radical (unpaired) electrons. The zero-order chi connectivity index (χ0) is 22.6. The van der Waals surface area contributed by atoms with Gasteiger partial charge in [0, 0.05) is 24.9 Å². The Morgan fingerprint density at radius 2 is 2.13 bits per heavy atom. The fourth-order valence-corrected chi connectivity index (χ4v) is 3.60. The van der Waals surface area contributed by atoms with Gasteiger partial charge in [0.05, 0.1) is 25.7 Å². The molecule has 1 atom stereocenters. The summed E-state index contributed by atoms with van der Waals surface area (Å²) >= 11 is 6.29. The van der Waals surface area contributed by atoms with Gasteiger partial charge in [0.2, 0.25) is 11.7 Å². The van der Waals surface area contributed by atoms with Gasteiger partial charge in [-0.05, 0) is 22.0 Å². The van der Waals surface area contributed by atoms with E-state index in [0.717, 1.165) is 24.3 Å². The molecule has 3 rings (SSSR count). The summed E-state index contributed by atoms with van der Waals surface area (Å²) in [7, 11) is 0. The van der Waals surface area contributed by atoms with Gasteiger partial charge in [0.25, 0.3) is 5.82 Å². The van der Waals surface area contributed by atoms with Crippen LogP contribution in [0, 0.1) is 5.41 Å². The Bertz CT molecular complexity index is 931. The lowest BCUT2D eigenvalue weighted by atomic mass is 9.99. The number of nitrogens with zero attached hydrogens (tertiary/aromatic N) is 2. The SMILES string of the molecule is CC(=O)NC1CCN(c2[nH+]c(OCC(C)(C)C)nc(NCc3ccccc3Cl)c2N)C1. The van der Waals surface area contributed by atoms with Crippen LogP contribution in [0.2, 0.25) is 5.02 Å². The van der Waals surface area contributed by atoms with E-state index in [9.17, 15) is 4.79 Å². The lowest BCUT2D eigenvalue weighted by Crippen LogP contribution is -2.37. The smallest absolute Gasteiger partial charge is 0.433 e. The minimum atomic E-state index is -0.0326. The highest BCUT2D eigenvalue weighted by atomic mass is 35.5. The van der Waals surface area contributed by atoms with E-state index >= 15 is 0 Å². The number of aromatic nitrogens is 2. The Morgan fingerprint density at radius 1 is 1.39 bits per heavy atom. The predicted molar refractivity (Wildman–Crippen MR) is 123 cm³/mol. The molecule has 1 aromatic carbocycles. The Labute approximate surface area is 188 Å². The van der Waals surface area contributed by atoms with E-state index < -0.39 is 0 Å². The van der Waals surface area contributed by atoms with Crippen LogP contribution in [0.1, 0.15) is 39.7 Å². The molecule has 2 heterocycles. The van der Waals surface area contributed by atoms with E-state index in [4.69, 9.17) is 22.1 Å². The zero-order valence-corrected chi connectivity index (χ0v) is 19.3. The number of nitrogens with one attached hydrogen (secondary N) is 3. The average molecular weight is 448 g/mol. The molecule has 1 aliphatic heterocycles. The summed E-state index contributed by atoms with van der Waals surface area (Å²) in [6, 6.07) is 8.11. The summed E-state index contributed by atoms with van der Waals surface area (Å²) in [4.78, 5) is 21.4. The molecule has 1 saturated heterocycles. The summed E-state index contributed by atoms with van der Waals surface area (Å²) < 4.78 is 5.95. The van der Waals surface area contributed by atoms with Crippen molar-refractivity contribution in [2.75, 3.05) is 35.6 Å². The van der Waals surface area contributed by atoms with Gasteiger partial charge in [-0.2, -0.15) is 0 Å². The zero-order valence-electron chi connectivity index (χ0n) is 18.6. The highest BCUT2D eigenvalue weighted by molar-refractivity contribution is 6.31. The number of ether oxygens (including phenoxy) is 1. The van der Waals surface area contributed by atoms with Crippen molar-refractivity contribution in [3.8, 4) is 6.01 Å². The number of benzene rings is 1. The number of nitrogens with two attached hydrogens (primary N) is 1. The first-order valence-corrected chi connectivity index (χ1v) is 10.8. The van der Waals surface area contributed by atoms with Crippen molar-refractivity contribution in [1.29, 1.82) is 0 Å². The molecule has 5 N–H and O–H groups in total. The maximum absolute atomic E-state index is 11.4. The van der Waals surface area contributed by atoms with Crippen LogP contribution in [0.25, 0.3) is 0 Å². The third kappa shape index (κ3) is 6.37. The van der Waals surface area contributed by atoms with Crippen LogP contribution < -0.4 is 31.0 Å². The Morgan fingerprint density at radius 3 is 2.81 bits per heavy atom. The predicted octanol–water partition coefficient (Wildman–Crippen LogP) is 2.88. The first kappa shape index (κ1) is 22.9. The standard InChI is InChI=1S/C22H31ClN6O2/c1-14(30)26-16-9-10-29(12-16)20-18(24)19(25-11-15-7-5-6-8-17(15)23)27-21(28-20)31-13-22(2,3)4/h5-8,16H,9-13,24H2,1-4H3,(H,26,30)(H,25,27,28)/p+1. The van der Waals surface area contributed by atoms with E-state index in [1.165, 1.54) is 6.92 Å². The molecule has 0 aliphatic carbocycles. The summed E-state index contributed by atoms with van der Waals surface area (Å²) in [6.45, 7) is 10.2. The van der Waals surface area contributed by atoms with Gasteiger partial charge in [0.1, 0.15) is 0 Å². The van der Waals surface area contributed by atoms with E-state index in [0.29, 0.717) is 42.2 Å². The van der Waals surface area contributed by atoms with E-state index in [2.05, 4.69) is 46.3 Å². The van der Waals surface area contributed by atoms with Crippen molar-refractivity contribution >= 4 is 34.8 Å². The lowest BCUT2D eigenvalue weighted by Gasteiger charge is -2.19. The molecule has 0 bridgehead atoms. The molecule has 8 nitrogen and oxygen atoms in total. The maximum atomic E-state index is 11.4. The van der Waals surface area contributed by atoms with Crippen LogP contribution >= 0.6 is 11.6 Å². The quantitative estimate of drug-likeness (QED) is 0.602. The summed E-state index contributed by atoms with van der Waals surface area (Å²) in [5, 5.41) is 6.95. The van der Waals surface area contributed by atoms with E-state index in [1.54, 1.807) is 0 Å². The van der Waals surface area contributed by atoms with Crippen molar-refractivity contribution in [1.82, 2.24) is 10.3 Å². The second-order valence-electron chi connectivity index (χ2n) is 9.08. The number of carbonyl (C=O) groups excluding carboxylic acids is 1. The monoisotopic (exact) mass is 447 g/mol. The van der Waals surface area contributed by atoms with Crippen molar-refractivity contribution in [3.05, 3.63) is 34.9 Å². The molecule has 0 spiro atoms. The number of hydrogen-bond acceptors (Lipinski definition) is 6. The van der Waals surface area contributed by atoms with Crippen LogP contribution in [0.15, 0.2) is 24.3 Å². The molecule has 1 aliphatic rings. The molecule has 1 fully saturated rings. The molecule has 9 heteroatoms. The van der Waals surface area contributed by atoms with Gasteiger partial charge >= 0.3 is 6.01 Å². The number of rotatable bonds is 7. The number of halogens is 1. The molecule has 1 unspecified atom stereocenters. The van der Waals surface area contributed by atoms with Gasteiger partial charge in [-0.25, -0.2) is 4.98 Å². The first-order chi connectivity index (χ1) is 14.6. The Balaban J connectivity index is 1.85. The van der Waals surface area contributed by atoms with Crippen LogP contribution in [0.4, 0.5) is 17.3 Å². The van der Waals surface area contributed by atoms with Crippen LogP contribution in [-0.4, -0.2) is 36.6 Å². The summed E-state index contributed by atoms with van der Waals surface area (Å²) in [6.07, 6.45) is 0.843. The minimum absolute atomic E-state index is 0.0215. The van der Waals surface area contributed by atoms with E-state index in [1.807, 2.05) is 24.3 Å². The van der Waals surface area contributed by atoms with Crippen LogP contribution in [-0.2, 0) is 11.3 Å². The van der Waals surface area contributed by atoms with Gasteiger partial charge in [0.15, 0.2) is 5.69 Å². The molecule has 1 amide bonds. The number of aromatic amines is 1. The fourth-order valence-electron chi connectivity index (χ4n) is 3.40. The maximum Gasteiger partial charge on any atom is 0.433 e. The molecule has 0 saturated carbocycles. The van der Waals surface area contributed by atoms with Gasteiger partial charge in [-0.15, -0.1) is 0 Å². The fraction of sp³-hybridized carbons (Fsp3) is 0.500. The van der Waals surface area contributed by atoms with Crippen LogP contribution in [0.5, 0.6) is 6.01 Å². The van der Waals surface area contributed by atoms with Crippen molar-refractivity contribution in [2.24, 2.45) is 5.41 Å². The molecular formula is C22H32ClN6O2+. The van der Waals surface area contributed by atoms with E-state index in [-0.39, 0.29) is 17.4 Å². The number of carbonyl (C=O) groups is 1. The Kier molecular flexibility index (Phi) is 7.10. The second-order valence-corrected chi connectivity index (χ2v) is 9.49. The summed E-state index contributed by atoms with van der Waals surface area (Å²) in [5.41, 5.74) is 7.91. The van der Waals surface area contributed by atoms with Crippen LogP contribution in [0.3, 0.4) is 0 Å². The molecule has 2 aromatic rings. The largest absolute Gasteiger partial charge is 0.440 e. The summed E-state index contributed by atoms with van der Waals surface area (Å²) in [5.74, 6) is 1.23. The number of nitrogen functional groups attached to an aromatic ring is 1. The minimum Gasteiger partial charge on any atom is -0.440 e. The highest BCUT2D eigenvalue weighted by Crippen LogP contribution is 2.30. The number of H-pyrrole nitrogens is 1. The normalized spacial score (nSPS) is 16.3.